The van der Waals surface area contributed by atoms with Crippen molar-refractivity contribution < 1.29 is 28.3 Å². The average Bonchev–Trinajstić information content (AvgIpc) is 2.76. The molecule has 2 aliphatic heterocycles. The van der Waals surface area contributed by atoms with Gasteiger partial charge in [-0.05, 0) is 17.7 Å². The van der Waals surface area contributed by atoms with Crippen LogP contribution < -0.4 is 5.32 Å². The molecule has 0 bridgehead atoms. The lowest BCUT2D eigenvalue weighted by Crippen LogP contribution is -2.61. The van der Waals surface area contributed by atoms with Gasteiger partial charge >= 0.3 is 0 Å². The predicted octanol–water partition coefficient (Wildman–Crippen LogP) is 0.531. The summed E-state index contributed by atoms with van der Waals surface area (Å²) in [6, 6.07) is 4.43. The minimum Gasteiger partial charge on any atom is -0.380 e. The van der Waals surface area contributed by atoms with Crippen LogP contribution in [0.15, 0.2) is 18.2 Å². The fourth-order valence-electron chi connectivity index (χ4n) is 2.76. The summed E-state index contributed by atoms with van der Waals surface area (Å²) >= 11 is 0. The number of nitrogens with one attached hydrogen (secondary N) is 1. The first kappa shape index (κ1) is 15.3. The molecule has 2 aliphatic rings. The van der Waals surface area contributed by atoms with Crippen LogP contribution in [0.25, 0.3) is 0 Å². The Morgan fingerprint density at radius 2 is 1.91 bits per heavy atom. The second-order valence-corrected chi connectivity index (χ2v) is 5.40. The summed E-state index contributed by atoms with van der Waals surface area (Å²) in [5.74, 6) is -6.57. The van der Waals surface area contributed by atoms with Gasteiger partial charge in [0.15, 0.2) is 0 Å². The molecular formula is C15H13FN2O5. The number of carbonyl (C=O) groups is 4. The van der Waals surface area contributed by atoms with Crippen molar-refractivity contribution in [1.29, 1.82) is 0 Å². The van der Waals surface area contributed by atoms with E-state index in [0.717, 1.165) is 0 Å². The number of methoxy groups -OCH3 is 1. The van der Waals surface area contributed by atoms with Gasteiger partial charge in [-0.1, -0.05) is 6.07 Å². The van der Waals surface area contributed by atoms with Crippen molar-refractivity contribution in [1.82, 2.24) is 10.2 Å². The maximum absolute atomic E-state index is 15.1. The molecule has 1 unspecified atom stereocenters. The smallest absolute Gasteiger partial charge is 0.285 e. The van der Waals surface area contributed by atoms with Crippen LogP contribution in [0.1, 0.15) is 39.1 Å². The molecule has 1 saturated heterocycles. The average molecular weight is 320 g/mol. The monoisotopic (exact) mass is 320 g/mol. The van der Waals surface area contributed by atoms with E-state index in [1.54, 1.807) is 6.07 Å². The molecule has 23 heavy (non-hydrogen) atoms. The molecule has 3 rings (SSSR count). The highest BCUT2D eigenvalue weighted by molar-refractivity contribution is 6.24. The zero-order chi connectivity index (χ0) is 16.8. The molecule has 1 fully saturated rings. The van der Waals surface area contributed by atoms with Crippen molar-refractivity contribution in [2.45, 2.75) is 25.2 Å². The number of alkyl halides is 1. The van der Waals surface area contributed by atoms with E-state index in [-0.39, 0.29) is 24.2 Å². The summed E-state index contributed by atoms with van der Waals surface area (Å²) in [4.78, 5) is 48.2. The topological polar surface area (TPSA) is 92.8 Å². The van der Waals surface area contributed by atoms with E-state index in [0.29, 0.717) is 10.5 Å². The first-order chi connectivity index (χ1) is 10.9. The third-order valence-corrected chi connectivity index (χ3v) is 3.90. The molecule has 0 aliphatic carbocycles. The molecule has 2 heterocycles. The van der Waals surface area contributed by atoms with Crippen molar-refractivity contribution in [2.24, 2.45) is 0 Å². The van der Waals surface area contributed by atoms with E-state index in [1.807, 2.05) is 5.32 Å². The molecule has 8 heteroatoms. The molecular weight excluding hydrogens is 307 g/mol. The fourth-order valence-corrected chi connectivity index (χ4v) is 2.76. The lowest BCUT2D eigenvalue weighted by Gasteiger charge is -2.33. The maximum Gasteiger partial charge on any atom is 0.285 e. The second-order valence-electron chi connectivity index (χ2n) is 5.40. The molecule has 0 saturated carbocycles. The molecule has 0 aromatic heterocycles. The molecule has 1 aromatic carbocycles. The van der Waals surface area contributed by atoms with Crippen molar-refractivity contribution in [2.75, 3.05) is 7.11 Å². The number of fused-ring (bicyclic) bond motifs is 1. The number of hydrogen-bond acceptors (Lipinski definition) is 5. The number of imide groups is 2. The van der Waals surface area contributed by atoms with Crippen LogP contribution in [0, 0.1) is 0 Å². The SMILES string of the molecule is COCc1ccc2c(c1)C(=O)N(C1(F)CCC(=O)NC1=O)C2=O. The first-order valence-corrected chi connectivity index (χ1v) is 6.92. The fraction of sp³-hybridized carbons (Fsp3) is 0.333. The summed E-state index contributed by atoms with van der Waals surface area (Å²) in [6.45, 7) is 0.227. The lowest BCUT2D eigenvalue weighted by molar-refractivity contribution is -0.151. The van der Waals surface area contributed by atoms with Gasteiger partial charge in [-0.15, -0.1) is 0 Å². The van der Waals surface area contributed by atoms with Crippen LogP contribution in [0.3, 0.4) is 0 Å². The molecule has 1 atom stereocenters. The highest BCUT2D eigenvalue weighted by atomic mass is 19.1. The van der Waals surface area contributed by atoms with Crippen LogP contribution in [0.4, 0.5) is 4.39 Å². The summed E-state index contributed by atoms with van der Waals surface area (Å²) < 4.78 is 20.0. The van der Waals surface area contributed by atoms with Gasteiger partial charge in [0.2, 0.25) is 5.91 Å². The van der Waals surface area contributed by atoms with E-state index >= 15 is 4.39 Å². The summed E-state index contributed by atoms with van der Waals surface area (Å²) in [6.07, 6.45) is -0.835. The number of benzene rings is 1. The van der Waals surface area contributed by atoms with Gasteiger partial charge in [0.1, 0.15) is 0 Å². The van der Waals surface area contributed by atoms with Gasteiger partial charge in [-0.2, -0.15) is 0 Å². The van der Waals surface area contributed by atoms with Crippen molar-refractivity contribution in [3.63, 3.8) is 0 Å². The van der Waals surface area contributed by atoms with E-state index in [1.165, 1.54) is 19.2 Å². The molecule has 0 spiro atoms. The molecule has 1 aromatic rings. The second kappa shape index (κ2) is 5.24. The molecule has 4 amide bonds. The number of amides is 4. The Balaban J connectivity index is 2.00. The van der Waals surface area contributed by atoms with Crippen LogP contribution in [-0.2, 0) is 20.9 Å². The van der Waals surface area contributed by atoms with Crippen LogP contribution in [-0.4, -0.2) is 41.4 Å². The Morgan fingerprint density at radius 1 is 1.22 bits per heavy atom. The molecule has 0 radical (unpaired) electrons. The van der Waals surface area contributed by atoms with Crippen LogP contribution in [0.5, 0.6) is 0 Å². The van der Waals surface area contributed by atoms with Gasteiger partial charge in [-0.25, -0.2) is 9.29 Å². The maximum atomic E-state index is 15.1. The number of rotatable bonds is 3. The number of piperidine rings is 1. The molecule has 7 nitrogen and oxygen atoms in total. The molecule has 1 N–H and O–H groups in total. The largest absolute Gasteiger partial charge is 0.380 e. The Hall–Kier alpha value is -2.61. The predicted molar refractivity (Wildman–Crippen MR) is 73.9 cm³/mol. The summed E-state index contributed by atoms with van der Waals surface area (Å²) in [5, 5.41) is 1.83. The minimum absolute atomic E-state index is 0.0197. The van der Waals surface area contributed by atoms with Crippen LogP contribution in [0.2, 0.25) is 0 Å². The number of nitrogens with zero attached hydrogens (tertiary/aromatic N) is 1. The molecule has 120 valence electrons. The van der Waals surface area contributed by atoms with E-state index in [2.05, 4.69) is 0 Å². The van der Waals surface area contributed by atoms with Crippen molar-refractivity contribution in [3.8, 4) is 0 Å². The Labute approximate surface area is 130 Å². The minimum atomic E-state index is -2.86. The first-order valence-electron chi connectivity index (χ1n) is 6.92. The highest BCUT2D eigenvalue weighted by Crippen LogP contribution is 2.35. The number of ether oxygens (including phenoxy) is 1. The zero-order valence-electron chi connectivity index (χ0n) is 12.2. The van der Waals surface area contributed by atoms with E-state index in [4.69, 9.17) is 4.74 Å². The number of hydrogen-bond donors (Lipinski definition) is 1. The Morgan fingerprint density at radius 3 is 2.57 bits per heavy atom. The van der Waals surface area contributed by atoms with Gasteiger partial charge in [0, 0.05) is 20.0 Å². The third-order valence-electron chi connectivity index (χ3n) is 3.90. The Kier molecular flexibility index (Phi) is 3.48. The number of carbonyl (C=O) groups excluding carboxylic acids is 4. The van der Waals surface area contributed by atoms with Crippen molar-refractivity contribution in [3.05, 3.63) is 34.9 Å². The summed E-state index contributed by atoms with van der Waals surface area (Å²) in [5.41, 5.74) is 0.688. The third kappa shape index (κ3) is 2.22. The van der Waals surface area contributed by atoms with E-state index in [9.17, 15) is 19.2 Å². The standard InChI is InChI=1S/C15H13FN2O5/c1-23-7-8-2-3-9-10(6-8)13(21)18(12(9)20)15(16)5-4-11(19)17-14(15)22/h2-3,6H,4-5,7H2,1H3,(H,17,19,22). The number of halogens is 1. The van der Waals surface area contributed by atoms with Gasteiger partial charge < -0.3 is 4.74 Å². The normalized spacial score (nSPS) is 24.0. The lowest BCUT2D eigenvalue weighted by atomic mass is 10.0. The highest BCUT2D eigenvalue weighted by Gasteiger charge is 2.56. The zero-order valence-corrected chi connectivity index (χ0v) is 12.2. The van der Waals surface area contributed by atoms with Gasteiger partial charge in [-0.3, -0.25) is 24.5 Å². The van der Waals surface area contributed by atoms with E-state index < -0.39 is 35.8 Å². The van der Waals surface area contributed by atoms with Crippen LogP contribution >= 0.6 is 0 Å². The quantitative estimate of drug-likeness (QED) is 0.648. The Bertz CT molecular complexity index is 747. The van der Waals surface area contributed by atoms with Gasteiger partial charge in [0.05, 0.1) is 17.7 Å². The van der Waals surface area contributed by atoms with Gasteiger partial charge in [0.25, 0.3) is 23.5 Å². The van der Waals surface area contributed by atoms with Crippen molar-refractivity contribution >= 4 is 23.6 Å². The summed E-state index contributed by atoms with van der Waals surface area (Å²) in [7, 11) is 1.48.